The lowest BCUT2D eigenvalue weighted by Gasteiger charge is -2.11. The topological polar surface area (TPSA) is 91.3 Å². The fourth-order valence-corrected chi connectivity index (χ4v) is 2.04. The van der Waals surface area contributed by atoms with E-state index in [1.807, 2.05) is 19.9 Å². The number of thiazole rings is 1. The number of nitrogens with zero attached hydrogens (tertiary/aromatic N) is 1. The van der Waals surface area contributed by atoms with Gasteiger partial charge in [-0.05, 0) is 20.8 Å². The molecule has 3 N–H and O–H groups in total. The first-order valence-electron chi connectivity index (χ1n) is 5.76. The molecule has 0 bridgehead atoms. The standard InChI is InChI=1S/C12H17N3O3S/c1-7(2)4-5-13-12(18)14-8(3)10-15-9(6-19-10)11(16)17/h4,6,8H,5H2,1-3H3,(H,16,17)(H2,13,14,18). The lowest BCUT2D eigenvalue weighted by Crippen LogP contribution is -2.37. The Labute approximate surface area is 115 Å². The summed E-state index contributed by atoms with van der Waals surface area (Å²) in [5.74, 6) is -1.07. The van der Waals surface area contributed by atoms with Gasteiger partial charge >= 0.3 is 12.0 Å². The van der Waals surface area contributed by atoms with E-state index in [4.69, 9.17) is 5.11 Å². The molecule has 0 aromatic carbocycles. The number of rotatable bonds is 5. The minimum atomic E-state index is -1.07. The molecular weight excluding hydrogens is 266 g/mol. The monoisotopic (exact) mass is 283 g/mol. The highest BCUT2D eigenvalue weighted by molar-refractivity contribution is 7.09. The summed E-state index contributed by atoms with van der Waals surface area (Å²) in [6.45, 7) is 6.11. The zero-order valence-corrected chi connectivity index (χ0v) is 11.9. The largest absolute Gasteiger partial charge is 0.476 e. The number of aromatic nitrogens is 1. The molecule has 0 fully saturated rings. The van der Waals surface area contributed by atoms with E-state index in [2.05, 4.69) is 15.6 Å². The van der Waals surface area contributed by atoms with Gasteiger partial charge in [-0.15, -0.1) is 11.3 Å². The average Bonchev–Trinajstić information content (AvgIpc) is 2.77. The molecule has 0 saturated heterocycles. The van der Waals surface area contributed by atoms with Crippen LogP contribution in [0.25, 0.3) is 0 Å². The molecule has 7 heteroatoms. The molecule has 2 amide bonds. The molecule has 1 unspecified atom stereocenters. The quantitative estimate of drug-likeness (QED) is 0.722. The first-order chi connectivity index (χ1) is 8.90. The second kappa shape index (κ2) is 6.89. The lowest BCUT2D eigenvalue weighted by atomic mass is 10.3. The molecule has 0 saturated carbocycles. The van der Waals surface area contributed by atoms with Gasteiger partial charge in [0.15, 0.2) is 5.69 Å². The van der Waals surface area contributed by atoms with Crippen LogP contribution in [0.5, 0.6) is 0 Å². The summed E-state index contributed by atoms with van der Waals surface area (Å²) in [4.78, 5) is 26.2. The first kappa shape index (κ1) is 15.2. The van der Waals surface area contributed by atoms with Crippen molar-refractivity contribution in [1.29, 1.82) is 0 Å². The van der Waals surface area contributed by atoms with E-state index in [9.17, 15) is 9.59 Å². The fourth-order valence-electron chi connectivity index (χ4n) is 1.24. The number of amides is 2. The first-order valence-corrected chi connectivity index (χ1v) is 6.64. The summed E-state index contributed by atoms with van der Waals surface area (Å²) in [6.07, 6.45) is 1.90. The highest BCUT2D eigenvalue weighted by Crippen LogP contribution is 2.17. The van der Waals surface area contributed by atoms with Crippen LogP contribution in [0.15, 0.2) is 17.0 Å². The van der Waals surface area contributed by atoms with Gasteiger partial charge in [0.1, 0.15) is 5.01 Å². The van der Waals surface area contributed by atoms with Gasteiger partial charge in [0.25, 0.3) is 0 Å². The number of carboxylic acids is 1. The summed E-state index contributed by atoms with van der Waals surface area (Å²) in [5, 5.41) is 16.2. The van der Waals surface area contributed by atoms with Crippen molar-refractivity contribution < 1.29 is 14.7 Å². The zero-order valence-electron chi connectivity index (χ0n) is 11.1. The van der Waals surface area contributed by atoms with Crippen LogP contribution in [0.2, 0.25) is 0 Å². The predicted octanol–water partition coefficient (Wildman–Crippen LogP) is 2.17. The summed E-state index contributed by atoms with van der Waals surface area (Å²) < 4.78 is 0. The Morgan fingerprint density at radius 2 is 2.21 bits per heavy atom. The van der Waals surface area contributed by atoms with Gasteiger partial charge in [-0.25, -0.2) is 14.6 Å². The molecule has 1 atom stereocenters. The SMILES string of the molecule is CC(C)=CCNC(=O)NC(C)c1nc(C(=O)O)cs1. The van der Waals surface area contributed by atoms with Crippen molar-refractivity contribution in [3.05, 3.63) is 27.7 Å². The summed E-state index contributed by atoms with van der Waals surface area (Å²) >= 11 is 1.21. The van der Waals surface area contributed by atoms with Gasteiger partial charge in [-0.3, -0.25) is 0 Å². The van der Waals surface area contributed by atoms with Crippen molar-refractivity contribution in [2.45, 2.75) is 26.8 Å². The Morgan fingerprint density at radius 3 is 2.74 bits per heavy atom. The van der Waals surface area contributed by atoms with Crippen LogP contribution in [0.3, 0.4) is 0 Å². The highest BCUT2D eigenvalue weighted by atomic mass is 32.1. The van der Waals surface area contributed by atoms with Gasteiger partial charge in [0, 0.05) is 11.9 Å². The Hall–Kier alpha value is -1.89. The van der Waals surface area contributed by atoms with Crippen LogP contribution < -0.4 is 10.6 Å². The zero-order chi connectivity index (χ0) is 14.4. The van der Waals surface area contributed by atoms with Crippen molar-refractivity contribution in [3.8, 4) is 0 Å². The molecule has 1 aromatic heterocycles. The minimum absolute atomic E-state index is 0.00130. The second-order valence-electron chi connectivity index (χ2n) is 4.23. The van der Waals surface area contributed by atoms with Crippen molar-refractivity contribution in [1.82, 2.24) is 15.6 Å². The van der Waals surface area contributed by atoms with Crippen LogP contribution in [0.1, 0.15) is 42.3 Å². The van der Waals surface area contributed by atoms with Crippen LogP contribution in [-0.2, 0) is 0 Å². The van der Waals surface area contributed by atoms with Crippen molar-refractivity contribution in [3.63, 3.8) is 0 Å². The number of hydrogen-bond donors (Lipinski definition) is 3. The molecule has 0 aliphatic heterocycles. The normalized spacial score (nSPS) is 11.5. The number of urea groups is 1. The summed E-state index contributed by atoms with van der Waals surface area (Å²) in [6, 6.07) is -0.637. The maximum Gasteiger partial charge on any atom is 0.355 e. The third-order valence-corrected chi connectivity index (χ3v) is 3.26. The van der Waals surface area contributed by atoms with E-state index in [0.717, 1.165) is 5.57 Å². The number of carbonyl (C=O) groups is 2. The third kappa shape index (κ3) is 5.09. The Balaban J connectivity index is 2.49. The molecule has 104 valence electrons. The predicted molar refractivity (Wildman–Crippen MR) is 73.5 cm³/mol. The van der Waals surface area contributed by atoms with E-state index in [1.54, 1.807) is 6.92 Å². The maximum atomic E-state index is 11.6. The van der Waals surface area contributed by atoms with Crippen molar-refractivity contribution in [2.24, 2.45) is 0 Å². The fraction of sp³-hybridized carbons (Fsp3) is 0.417. The maximum absolute atomic E-state index is 11.6. The molecule has 0 aliphatic carbocycles. The summed E-state index contributed by atoms with van der Waals surface area (Å²) in [5.41, 5.74) is 1.12. The van der Waals surface area contributed by atoms with Crippen molar-refractivity contribution in [2.75, 3.05) is 6.54 Å². The van der Waals surface area contributed by atoms with E-state index >= 15 is 0 Å². The molecule has 19 heavy (non-hydrogen) atoms. The van der Waals surface area contributed by atoms with Crippen LogP contribution in [-0.4, -0.2) is 28.6 Å². The average molecular weight is 283 g/mol. The molecule has 1 heterocycles. The van der Waals surface area contributed by atoms with Gasteiger partial charge in [0.2, 0.25) is 0 Å². The molecule has 0 radical (unpaired) electrons. The van der Waals surface area contributed by atoms with Crippen LogP contribution >= 0.6 is 11.3 Å². The van der Waals surface area contributed by atoms with E-state index in [-0.39, 0.29) is 17.8 Å². The number of carbonyl (C=O) groups excluding carboxylic acids is 1. The number of hydrogen-bond acceptors (Lipinski definition) is 4. The molecule has 0 spiro atoms. The molecule has 1 rings (SSSR count). The lowest BCUT2D eigenvalue weighted by molar-refractivity contribution is 0.0691. The van der Waals surface area contributed by atoms with Crippen LogP contribution in [0, 0.1) is 0 Å². The molecular formula is C12H17N3O3S. The van der Waals surface area contributed by atoms with E-state index in [1.165, 1.54) is 16.7 Å². The highest BCUT2D eigenvalue weighted by Gasteiger charge is 2.15. The number of allylic oxidation sites excluding steroid dienone is 1. The Morgan fingerprint density at radius 1 is 1.53 bits per heavy atom. The molecule has 1 aromatic rings. The van der Waals surface area contributed by atoms with Gasteiger partial charge < -0.3 is 15.7 Å². The Bertz CT molecular complexity index is 492. The van der Waals surface area contributed by atoms with E-state index in [0.29, 0.717) is 11.6 Å². The smallest absolute Gasteiger partial charge is 0.355 e. The van der Waals surface area contributed by atoms with E-state index < -0.39 is 5.97 Å². The number of nitrogens with one attached hydrogen (secondary N) is 2. The Kier molecular flexibility index (Phi) is 5.50. The summed E-state index contributed by atoms with van der Waals surface area (Å²) in [7, 11) is 0. The van der Waals surface area contributed by atoms with Crippen LogP contribution in [0.4, 0.5) is 4.79 Å². The van der Waals surface area contributed by atoms with Gasteiger partial charge in [0.05, 0.1) is 6.04 Å². The minimum Gasteiger partial charge on any atom is -0.476 e. The number of aromatic carboxylic acids is 1. The third-order valence-electron chi connectivity index (χ3n) is 2.23. The molecule has 6 nitrogen and oxygen atoms in total. The van der Waals surface area contributed by atoms with Gasteiger partial charge in [-0.1, -0.05) is 11.6 Å². The van der Waals surface area contributed by atoms with Crippen molar-refractivity contribution >= 4 is 23.3 Å². The number of carboxylic acid groups (broad SMARTS) is 1. The van der Waals surface area contributed by atoms with Gasteiger partial charge in [-0.2, -0.15) is 0 Å². The molecule has 0 aliphatic rings. The second-order valence-corrected chi connectivity index (χ2v) is 5.12.